The molecule has 3 aromatic carbocycles. The molecule has 116 valence electrons. The van der Waals surface area contributed by atoms with Crippen LogP contribution in [0.25, 0.3) is 32.0 Å². The minimum absolute atomic E-state index is 1.11. The van der Waals surface area contributed by atoms with Crippen LogP contribution >= 0.6 is 27.3 Å². The molecule has 0 atom stereocenters. The molecule has 0 spiro atoms. The summed E-state index contributed by atoms with van der Waals surface area (Å²) in [6, 6.07) is 32.2. The maximum atomic E-state index is 3.49. The highest BCUT2D eigenvalue weighted by molar-refractivity contribution is 9.10. The van der Waals surface area contributed by atoms with Gasteiger partial charge in [0.2, 0.25) is 0 Å². The van der Waals surface area contributed by atoms with Crippen LogP contribution in [0.15, 0.2) is 95.5 Å². The van der Waals surface area contributed by atoms with Gasteiger partial charge < -0.3 is 0 Å². The Morgan fingerprint density at radius 3 is 1.88 bits per heavy atom. The maximum absolute atomic E-state index is 3.49. The van der Waals surface area contributed by atoms with Gasteiger partial charge in [-0.2, -0.15) is 0 Å². The second-order valence-corrected chi connectivity index (χ2v) is 7.62. The van der Waals surface area contributed by atoms with Crippen LogP contribution < -0.4 is 0 Å². The molecule has 4 aromatic rings. The number of hydrogen-bond donors (Lipinski definition) is 0. The lowest BCUT2D eigenvalue weighted by Gasteiger charge is -2.04. The van der Waals surface area contributed by atoms with E-state index in [9.17, 15) is 0 Å². The van der Waals surface area contributed by atoms with Crippen molar-refractivity contribution >= 4 is 27.3 Å². The third kappa shape index (κ3) is 3.21. The standard InChI is InChI=1S/C22H15BrS/c23-20-11-9-17(10-12-20)21-13-14-22(24-21)19-8-4-7-18(15-19)16-5-2-1-3-6-16/h1-15H. The lowest BCUT2D eigenvalue weighted by atomic mass is 10.0. The number of rotatable bonds is 3. The molecule has 0 saturated carbocycles. The van der Waals surface area contributed by atoms with Gasteiger partial charge in [0.15, 0.2) is 0 Å². The van der Waals surface area contributed by atoms with Gasteiger partial charge in [-0.15, -0.1) is 11.3 Å². The number of benzene rings is 3. The molecule has 1 heterocycles. The molecule has 0 saturated heterocycles. The summed E-state index contributed by atoms with van der Waals surface area (Å²) in [5.41, 5.74) is 5.04. The van der Waals surface area contributed by atoms with Crippen LogP contribution in [-0.4, -0.2) is 0 Å². The van der Waals surface area contributed by atoms with E-state index in [4.69, 9.17) is 0 Å². The quantitative estimate of drug-likeness (QED) is 0.339. The predicted molar refractivity (Wildman–Crippen MR) is 108 cm³/mol. The van der Waals surface area contributed by atoms with Crippen LogP contribution in [0.5, 0.6) is 0 Å². The Bertz CT molecular complexity index is 953. The van der Waals surface area contributed by atoms with Gasteiger partial charge in [-0.1, -0.05) is 76.6 Å². The molecule has 0 aliphatic carbocycles. The molecule has 0 N–H and O–H groups in total. The molecule has 0 aliphatic heterocycles. The molecule has 4 rings (SSSR count). The van der Waals surface area contributed by atoms with Crippen molar-refractivity contribution in [3.05, 3.63) is 95.5 Å². The zero-order valence-corrected chi connectivity index (χ0v) is 15.3. The van der Waals surface area contributed by atoms with E-state index in [2.05, 4.69) is 107 Å². The van der Waals surface area contributed by atoms with E-state index in [1.807, 2.05) is 11.3 Å². The zero-order chi connectivity index (χ0) is 16.4. The van der Waals surface area contributed by atoms with E-state index in [1.54, 1.807) is 0 Å². The summed E-state index contributed by atoms with van der Waals surface area (Å²) in [7, 11) is 0. The van der Waals surface area contributed by atoms with Crippen molar-refractivity contribution in [2.45, 2.75) is 0 Å². The summed E-state index contributed by atoms with van der Waals surface area (Å²) in [4.78, 5) is 2.59. The molecule has 2 heteroatoms. The SMILES string of the molecule is Brc1ccc(-c2ccc(-c3cccc(-c4ccccc4)c3)s2)cc1. The Morgan fingerprint density at radius 2 is 1.12 bits per heavy atom. The molecular weight excluding hydrogens is 376 g/mol. The first kappa shape index (κ1) is 15.4. The Morgan fingerprint density at radius 1 is 0.500 bits per heavy atom. The van der Waals surface area contributed by atoms with Gasteiger partial charge in [0.25, 0.3) is 0 Å². The van der Waals surface area contributed by atoms with Gasteiger partial charge in [-0.05, 0) is 52.6 Å². The van der Waals surface area contributed by atoms with Crippen molar-refractivity contribution in [3.63, 3.8) is 0 Å². The van der Waals surface area contributed by atoms with E-state index in [-0.39, 0.29) is 0 Å². The molecule has 0 unspecified atom stereocenters. The second-order valence-electron chi connectivity index (χ2n) is 5.62. The summed E-state index contributed by atoms with van der Waals surface area (Å²) >= 11 is 5.33. The molecule has 0 nitrogen and oxygen atoms in total. The minimum atomic E-state index is 1.11. The second kappa shape index (κ2) is 6.76. The molecule has 1 aromatic heterocycles. The van der Waals surface area contributed by atoms with Crippen molar-refractivity contribution < 1.29 is 0 Å². The first-order chi connectivity index (χ1) is 11.8. The van der Waals surface area contributed by atoms with Crippen molar-refractivity contribution in [3.8, 4) is 32.0 Å². The van der Waals surface area contributed by atoms with Crippen LogP contribution in [0, 0.1) is 0 Å². The van der Waals surface area contributed by atoms with Crippen LogP contribution in [0.1, 0.15) is 0 Å². The summed E-state index contributed by atoms with van der Waals surface area (Å²) in [5, 5.41) is 0. The van der Waals surface area contributed by atoms with Crippen LogP contribution in [0.3, 0.4) is 0 Å². The van der Waals surface area contributed by atoms with E-state index in [0.29, 0.717) is 0 Å². The van der Waals surface area contributed by atoms with Crippen molar-refractivity contribution in [1.82, 2.24) is 0 Å². The largest absolute Gasteiger partial charge is 0.135 e. The normalized spacial score (nSPS) is 10.7. The highest BCUT2D eigenvalue weighted by Gasteiger charge is 2.06. The number of thiophene rings is 1. The van der Waals surface area contributed by atoms with Gasteiger partial charge in [0, 0.05) is 14.2 Å². The van der Waals surface area contributed by atoms with Crippen molar-refractivity contribution in [2.24, 2.45) is 0 Å². The zero-order valence-electron chi connectivity index (χ0n) is 12.9. The molecule has 0 bridgehead atoms. The fourth-order valence-corrected chi connectivity index (χ4v) is 4.02. The van der Waals surface area contributed by atoms with Gasteiger partial charge in [-0.25, -0.2) is 0 Å². The first-order valence-corrected chi connectivity index (χ1v) is 9.42. The summed E-state index contributed by atoms with van der Waals surface area (Å²) < 4.78 is 1.11. The molecular formula is C22H15BrS. The predicted octanol–water partition coefficient (Wildman–Crippen LogP) is 7.51. The van der Waals surface area contributed by atoms with E-state index < -0.39 is 0 Å². The molecule has 0 fully saturated rings. The van der Waals surface area contributed by atoms with Gasteiger partial charge >= 0.3 is 0 Å². The molecule has 24 heavy (non-hydrogen) atoms. The molecule has 0 aliphatic rings. The van der Waals surface area contributed by atoms with Crippen LogP contribution in [0.2, 0.25) is 0 Å². The van der Waals surface area contributed by atoms with Crippen LogP contribution in [-0.2, 0) is 0 Å². The lowest BCUT2D eigenvalue weighted by molar-refractivity contribution is 1.62. The fraction of sp³-hybridized carbons (Fsp3) is 0. The van der Waals surface area contributed by atoms with E-state index in [1.165, 1.54) is 32.0 Å². The smallest absolute Gasteiger partial charge is 0.0349 e. The number of hydrogen-bond acceptors (Lipinski definition) is 1. The maximum Gasteiger partial charge on any atom is 0.0349 e. The fourth-order valence-electron chi connectivity index (χ4n) is 2.74. The van der Waals surface area contributed by atoms with Crippen LogP contribution in [0.4, 0.5) is 0 Å². The highest BCUT2D eigenvalue weighted by Crippen LogP contribution is 2.36. The van der Waals surface area contributed by atoms with Gasteiger partial charge in [0.1, 0.15) is 0 Å². The summed E-state index contributed by atoms with van der Waals surface area (Å²) in [6.07, 6.45) is 0. The van der Waals surface area contributed by atoms with E-state index in [0.717, 1.165) is 4.47 Å². The Balaban J connectivity index is 1.69. The van der Waals surface area contributed by atoms with Gasteiger partial charge in [0.05, 0.1) is 0 Å². The van der Waals surface area contributed by atoms with E-state index >= 15 is 0 Å². The van der Waals surface area contributed by atoms with Crippen molar-refractivity contribution in [2.75, 3.05) is 0 Å². The summed E-state index contributed by atoms with van der Waals surface area (Å²) in [5.74, 6) is 0. The Labute approximate surface area is 154 Å². The molecule has 0 radical (unpaired) electrons. The topological polar surface area (TPSA) is 0 Å². The average molecular weight is 391 g/mol. The minimum Gasteiger partial charge on any atom is -0.135 e. The number of halogens is 1. The monoisotopic (exact) mass is 390 g/mol. The third-order valence-electron chi connectivity index (χ3n) is 3.99. The highest BCUT2D eigenvalue weighted by atomic mass is 79.9. The lowest BCUT2D eigenvalue weighted by Crippen LogP contribution is -1.78. The Hall–Kier alpha value is -2.16. The average Bonchev–Trinajstić information content (AvgIpc) is 3.13. The Kier molecular flexibility index (Phi) is 4.33. The molecule has 0 amide bonds. The van der Waals surface area contributed by atoms with Gasteiger partial charge in [-0.3, -0.25) is 0 Å². The summed E-state index contributed by atoms with van der Waals surface area (Å²) in [6.45, 7) is 0. The van der Waals surface area contributed by atoms with Crippen molar-refractivity contribution in [1.29, 1.82) is 0 Å². The third-order valence-corrected chi connectivity index (χ3v) is 5.70. The first-order valence-electron chi connectivity index (χ1n) is 7.81.